The minimum Gasteiger partial charge on any atom is -0.475 e. The molecule has 5 heteroatoms. The van der Waals surface area contributed by atoms with Crippen LogP contribution in [0.25, 0.3) is 0 Å². The summed E-state index contributed by atoms with van der Waals surface area (Å²) in [5, 5.41) is 8.87. The third kappa shape index (κ3) is 3.45. The first-order valence-electron chi connectivity index (χ1n) is 6.21. The van der Waals surface area contributed by atoms with Gasteiger partial charge in [-0.3, -0.25) is 4.90 Å². The Kier molecular flexibility index (Phi) is 4.20. The van der Waals surface area contributed by atoms with E-state index in [2.05, 4.69) is 0 Å². The molecule has 0 radical (unpaired) electrons. The quantitative estimate of drug-likeness (QED) is 0.912. The average molecular weight is 277 g/mol. The lowest BCUT2D eigenvalue weighted by Crippen LogP contribution is -2.17. The van der Waals surface area contributed by atoms with E-state index in [1.165, 1.54) is 18.2 Å². The summed E-state index contributed by atoms with van der Waals surface area (Å²) in [6.45, 7) is 2.85. The number of furan rings is 1. The maximum absolute atomic E-state index is 13.1. The van der Waals surface area contributed by atoms with Crippen molar-refractivity contribution in [2.45, 2.75) is 20.0 Å². The second-order valence-corrected chi connectivity index (χ2v) is 4.80. The number of nitrogens with zero attached hydrogens (tertiary/aromatic N) is 1. The van der Waals surface area contributed by atoms with Crippen molar-refractivity contribution in [3.63, 3.8) is 0 Å². The predicted molar refractivity (Wildman–Crippen MR) is 72.0 cm³/mol. The van der Waals surface area contributed by atoms with E-state index < -0.39 is 5.97 Å². The summed E-state index contributed by atoms with van der Waals surface area (Å²) < 4.78 is 18.3. The summed E-state index contributed by atoms with van der Waals surface area (Å²) in [5.74, 6) is -0.805. The van der Waals surface area contributed by atoms with Crippen molar-refractivity contribution in [1.82, 2.24) is 4.90 Å². The lowest BCUT2D eigenvalue weighted by Gasteiger charge is -2.16. The van der Waals surface area contributed by atoms with Crippen molar-refractivity contribution in [2.75, 3.05) is 7.05 Å². The van der Waals surface area contributed by atoms with Crippen molar-refractivity contribution in [2.24, 2.45) is 0 Å². The van der Waals surface area contributed by atoms with Gasteiger partial charge in [-0.15, -0.1) is 0 Å². The first-order chi connectivity index (χ1) is 9.45. The number of carbonyl (C=O) groups is 1. The topological polar surface area (TPSA) is 53.7 Å². The van der Waals surface area contributed by atoms with Crippen molar-refractivity contribution in [3.05, 3.63) is 58.8 Å². The van der Waals surface area contributed by atoms with Crippen LogP contribution in [0.3, 0.4) is 0 Å². The van der Waals surface area contributed by atoms with Gasteiger partial charge in [-0.2, -0.15) is 0 Å². The van der Waals surface area contributed by atoms with E-state index in [4.69, 9.17) is 9.52 Å². The van der Waals surface area contributed by atoms with Crippen LogP contribution in [0.5, 0.6) is 0 Å². The summed E-state index contributed by atoms with van der Waals surface area (Å²) in [7, 11) is 1.89. The monoisotopic (exact) mass is 277 g/mol. The average Bonchev–Trinajstić information content (AvgIpc) is 2.71. The molecule has 0 aliphatic heterocycles. The van der Waals surface area contributed by atoms with E-state index >= 15 is 0 Å². The van der Waals surface area contributed by atoms with E-state index in [0.717, 1.165) is 11.1 Å². The predicted octanol–water partition coefficient (Wildman–Crippen LogP) is 3.06. The molecule has 1 heterocycles. The maximum atomic E-state index is 13.1. The summed E-state index contributed by atoms with van der Waals surface area (Å²) in [5.41, 5.74) is 1.69. The fraction of sp³-hybridized carbons (Fsp3) is 0.267. The molecule has 0 amide bonds. The molecule has 1 aromatic carbocycles. The molecule has 20 heavy (non-hydrogen) atoms. The van der Waals surface area contributed by atoms with Crippen LogP contribution >= 0.6 is 0 Å². The molecular weight excluding hydrogens is 261 g/mol. The first-order valence-corrected chi connectivity index (χ1v) is 6.21. The number of carboxylic acid groups (broad SMARTS) is 1. The van der Waals surface area contributed by atoms with Crippen molar-refractivity contribution in [1.29, 1.82) is 0 Å². The van der Waals surface area contributed by atoms with Crippen LogP contribution in [0.15, 0.2) is 34.7 Å². The van der Waals surface area contributed by atoms with E-state index in [1.807, 2.05) is 18.0 Å². The van der Waals surface area contributed by atoms with Crippen LogP contribution in [0.4, 0.5) is 4.39 Å². The van der Waals surface area contributed by atoms with Gasteiger partial charge in [0.1, 0.15) is 11.6 Å². The zero-order valence-electron chi connectivity index (χ0n) is 11.4. The number of aromatic carboxylic acids is 1. The molecule has 0 atom stereocenters. The van der Waals surface area contributed by atoms with Gasteiger partial charge in [0.05, 0.1) is 0 Å². The maximum Gasteiger partial charge on any atom is 0.371 e. The van der Waals surface area contributed by atoms with Gasteiger partial charge < -0.3 is 9.52 Å². The lowest BCUT2D eigenvalue weighted by atomic mass is 10.2. The molecule has 0 aliphatic rings. The largest absolute Gasteiger partial charge is 0.475 e. The molecule has 4 nitrogen and oxygen atoms in total. The number of hydrogen-bond acceptors (Lipinski definition) is 3. The highest BCUT2D eigenvalue weighted by molar-refractivity contribution is 5.84. The minimum atomic E-state index is -1.08. The second kappa shape index (κ2) is 5.88. The van der Waals surface area contributed by atoms with Gasteiger partial charge in [-0.25, -0.2) is 9.18 Å². The molecule has 0 fully saturated rings. The van der Waals surface area contributed by atoms with Gasteiger partial charge in [0.2, 0.25) is 5.76 Å². The smallest absolute Gasteiger partial charge is 0.371 e. The fourth-order valence-corrected chi connectivity index (χ4v) is 2.08. The van der Waals surface area contributed by atoms with E-state index in [1.54, 1.807) is 13.0 Å². The molecule has 0 saturated carbocycles. The molecular formula is C15H16FNO3. The van der Waals surface area contributed by atoms with Crippen LogP contribution in [0.2, 0.25) is 0 Å². The summed E-state index contributed by atoms with van der Waals surface area (Å²) >= 11 is 0. The Labute approximate surface area is 116 Å². The highest BCUT2D eigenvalue weighted by Crippen LogP contribution is 2.17. The van der Waals surface area contributed by atoms with E-state index in [0.29, 0.717) is 18.8 Å². The normalized spacial score (nSPS) is 11.0. The zero-order valence-corrected chi connectivity index (χ0v) is 11.4. The Balaban J connectivity index is 2.04. The Morgan fingerprint density at radius 1 is 1.35 bits per heavy atom. The molecule has 0 bridgehead atoms. The Morgan fingerprint density at radius 2 is 2.10 bits per heavy atom. The van der Waals surface area contributed by atoms with Crippen molar-refractivity contribution in [3.8, 4) is 0 Å². The molecule has 0 unspecified atom stereocenters. The number of aryl methyl sites for hydroxylation is 1. The lowest BCUT2D eigenvalue weighted by molar-refractivity contribution is 0.0661. The van der Waals surface area contributed by atoms with Crippen LogP contribution in [-0.2, 0) is 13.1 Å². The molecule has 1 N–H and O–H groups in total. The first kappa shape index (κ1) is 14.3. The van der Waals surface area contributed by atoms with E-state index in [-0.39, 0.29) is 11.6 Å². The van der Waals surface area contributed by atoms with Crippen LogP contribution in [-0.4, -0.2) is 23.0 Å². The zero-order chi connectivity index (χ0) is 14.7. The number of rotatable bonds is 5. The van der Waals surface area contributed by atoms with Gasteiger partial charge in [-0.05, 0) is 37.7 Å². The highest BCUT2D eigenvalue weighted by Gasteiger charge is 2.14. The fourth-order valence-electron chi connectivity index (χ4n) is 2.08. The van der Waals surface area contributed by atoms with Crippen molar-refractivity contribution < 1.29 is 18.7 Å². The summed E-state index contributed by atoms with van der Waals surface area (Å²) in [6, 6.07) is 7.94. The molecule has 0 aliphatic carbocycles. The van der Waals surface area contributed by atoms with Gasteiger partial charge in [-0.1, -0.05) is 12.1 Å². The van der Waals surface area contributed by atoms with Gasteiger partial charge in [0.15, 0.2) is 0 Å². The number of hydrogen-bond donors (Lipinski definition) is 1. The third-order valence-corrected chi connectivity index (χ3v) is 3.01. The molecule has 1 aromatic heterocycles. The number of halogens is 1. The summed E-state index contributed by atoms with van der Waals surface area (Å²) in [4.78, 5) is 12.8. The van der Waals surface area contributed by atoms with Gasteiger partial charge >= 0.3 is 5.97 Å². The van der Waals surface area contributed by atoms with Gasteiger partial charge in [0, 0.05) is 18.7 Å². The van der Waals surface area contributed by atoms with Gasteiger partial charge in [0.25, 0.3) is 0 Å². The summed E-state index contributed by atoms with van der Waals surface area (Å²) in [6.07, 6.45) is 0. The standard InChI is InChI=1S/C15H16FNO3/c1-10-12(7-14(20-10)15(18)19)9-17(2)8-11-4-3-5-13(16)6-11/h3-7H,8-9H2,1-2H3,(H,18,19). The molecule has 0 saturated heterocycles. The Bertz CT molecular complexity index is 621. The Morgan fingerprint density at radius 3 is 2.70 bits per heavy atom. The number of benzene rings is 1. The molecule has 2 rings (SSSR count). The minimum absolute atomic E-state index is 0.0587. The molecule has 2 aromatic rings. The van der Waals surface area contributed by atoms with Crippen LogP contribution < -0.4 is 0 Å². The van der Waals surface area contributed by atoms with Crippen LogP contribution in [0.1, 0.15) is 27.4 Å². The SMILES string of the molecule is Cc1oc(C(=O)O)cc1CN(C)Cc1cccc(F)c1. The Hall–Kier alpha value is -2.14. The van der Waals surface area contributed by atoms with Crippen LogP contribution in [0, 0.1) is 12.7 Å². The highest BCUT2D eigenvalue weighted by atomic mass is 19.1. The molecule has 106 valence electrons. The number of carboxylic acids is 1. The van der Waals surface area contributed by atoms with E-state index in [9.17, 15) is 9.18 Å². The molecule has 0 spiro atoms. The second-order valence-electron chi connectivity index (χ2n) is 4.80. The van der Waals surface area contributed by atoms with Crippen molar-refractivity contribution >= 4 is 5.97 Å². The third-order valence-electron chi connectivity index (χ3n) is 3.01.